The van der Waals surface area contributed by atoms with E-state index in [1.807, 2.05) is 19.1 Å². The molecule has 1 nitrogen and oxygen atoms in total. The van der Waals surface area contributed by atoms with Gasteiger partial charge < -0.3 is 0 Å². The van der Waals surface area contributed by atoms with Crippen LogP contribution in [0.2, 0.25) is 6.55 Å². The van der Waals surface area contributed by atoms with E-state index in [9.17, 15) is 0 Å². The lowest BCUT2D eigenvalue weighted by Crippen LogP contribution is -2.10. The Labute approximate surface area is 69.5 Å². The molecule has 0 N–H and O–H groups in total. The first kappa shape index (κ1) is 8.03. The predicted molar refractivity (Wildman–Crippen MR) is 47.1 cm³/mol. The fourth-order valence-corrected chi connectivity index (χ4v) is 1.66. The molecule has 0 spiro atoms. The van der Waals surface area contributed by atoms with Gasteiger partial charge in [0.25, 0.3) is 0 Å². The van der Waals surface area contributed by atoms with Crippen LogP contribution in [0, 0.1) is 18.3 Å². The van der Waals surface area contributed by atoms with E-state index >= 15 is 0 Å². The molecule has 54 valence electrons. The van der Waals surface area contributed by atoms with Gasteiger partial charge in [-0.1, -0.05) is 17.8 Å². The molecule has 11 heavy (non-hydrogen) atoms. The van der Waals surface area contributed by atoms with E-state index < -0.39 is 0 Å². The van der Waals surface area contributed by atoms with E-state index in [-0.39, 0.29) is 0 Å². The third-order valence-electron chi connectivity index (χ3n) is 1.50. The highest BCUT2D eigenvalue weighted by Gasteiger charge is 1.95. The summed E-state index contributed by atoms with van der Waals surface area (Å²) in [5.74, 6) is 0. The van der Waals surface area contributed by atoms with E-state index in [2.05, 4.69) is 18.7 Å². The number of nitriles is 1. The average molecular weight is 159 g/mol. The van der Waals surface area contributed by atoms with Crippen molar-refractivity contribution in [2.45, 2.75) is 13.5 Å². The third-order valence-corrected chi connectivity index (χ3v) is 2.36. The van der Waals surface area contributed by atoms with Crippen LogP contribution in [0.15, 0.2) is 18.2 Å². The van der Waals surface area contributed by atoms with Crippen LogP contribution < -0.4 is 5.19 Å². The number of hydrogen-bond donors (Lipinski definition) is 0. The molecule has 2 radical (unpaired) electrons. The Morgan fingerprint density at radius 3 is 2.64 bits per heavy atom. The van der Waals surface area contributed by atoms with Gasteiger partial charge in [-0.2, -0.15) is 5.26 Å². The zero-order valence-corrected chi connectivity index (χ0v) is 7.68. The Morgan fingerprint density at radius 2 is 2.09 bits per heavy atom. The molecule has 2 heteroatoms. The van der Waals surface area contributed by atoms with Gasteiger partial charge in [-0.15, -0.1) is 0 Å². The van der Waals surface area contributed by atoms with Gasteiger partial charge in [-0.05, 0) is 24.6 Å². The van der Waals surface area contributed by atoms with Gasteiger partial charge in [0.05, 0.1) is 21.2 Å². The SMILES string of the molecule is C[Si]c1cc(C)cc(C#N)c1. The molecule has 0 aliphatic heterocycles. The molecule has 1 aromatic carbocycles. The summed E-state index contributed by atoms with van der Waals surface area (Å²) in [7, 11) is 0.775. The summed E-state index contributed by atoms with van der Waals surface area (Å²) in [6.07, 6.45) is 0. The second kappa shape index (κ2) is 3.36. The van der Waals surface area contributed by atoms with Crippen LogP contribution in [-0.4, -0.2) is 9.52 Å². The van der Waals surface area contributed by atoms with E-state index in [1.165, 1.54) is 10.8 Å². The summed E-state index contributed by atoms with van der Waals surface area (Å²) in [4.78, 5) is 0. The second-order valence-corrected chi connectivity index (χ2v) is 3.53. The highest BCUT2D eigenvalue weighted by atomic mass is 28.2. The summed E-state index contributed by atoms with van der Waals surface area (Å²) in [6.45, 7) is 4.14. The maximum Gasteiger partial charge on any atom is 0.0991 e. The van der Waals surface area contributed by atoms with Crippen molar-refractivity contribution in [1.29, 1.82) is 5.26 Å². The average Bonchev–Trinajstić information content (AvgIpc) is 2.03. The lowest BCUT2D eigenvalue weighted by Gasteiger charge is -1.98. The van der Waals surface area contributed by atoms with Crippen LogP contribution in [0.3, 0.4) is 0 Å². The minimum atomic E-state index is 0.773. The second-order valence-electron chi connectivity index (χ2n) is 2.45. The van der Waals surface area contributed by atoms with Crippen LogP contribution in [0.1, 0.15) is 11.1 Å². The summed E-state index contributed by atoms with van der Waals surface area (Å²) in [5.41, 5.74) is 1.95. The van der Waals surface area contributed by atoms with Crippen molar-refractivity contribution in [1.82, 2.24) is 0 Å². The van der Waals surface area contributed by atoms with Gasteiger partial charge in [0.2, 0.25) is 0 Å². The molecule has 0 saturated carbocycles. The van der Waals surface area contributed by atoms with Gasteiger partial charge in [-0.25, -0.2) is 0 Å². The lowest BCUT2D eigenvalue weighted by molar-refractivity contribution is 1.44. The standard InChI is InChI=1S/C9H9NSi/c1-7-3-8(6-10)5-9(4-7)11-2/h3-5H,1-2H3. The summed E-state index contributed by atoms with van der Waals surface area (Å²) < 4.78 is 0. The van der Waals surface area contributed by atoms with Crippen molar-refractivity contribution in [3.63, 3.8) is 0 Å². The van der Waals surface area contributed by atoms with Crippen molar-refractivity contribution >= 4 is 14.7 Å². The molecule has 0 amide bonds. The maximum absolute atomic E-state index is 8.64. The first-order chi connectivity index (χ1) is 5.26. The molecule has 0 aromatic heterocycles. The highest BCUT2D eigenvalue weighted by Crippen LogP contribution is 1.99. The maximum atomic E-state index is 8.64. The molecule has 1 rings (SSSR count). The first-order valence-electron chi connectivity index (χ1n) is 3.46. The molecule has 0 atom stereocenters. The fraction of sp³-hybridized carbons (Fsp3) is 0.222. The largest absolute Gasteiger partial charge is 0.192 e. The molecular formula is C9H9NSi. The molecule has 0 fully saturated rings. The predicted octanol–water partition coefficient (Wildman–Crippen LogP) is 1.24. The number of hydrogen-bond acceptors (Lipinski definition) is 1. The Morgan fingerprint density at radius 1 is 1.36 bits per heavy atom. The van der Waals surface area contributed by atoms with Gasteiger partial charge in [0.15, 0.2) is 0 Å². The zero-order valence-electron chi connectivity index (χ0n) is 6.68. The molecule has 0 bridgehead atoms. The molecule has 0 saturated heterocycles. The van der Waals surface area contributed by atoms with E-state index in [1.54, 1.807) is 0 Å². The molecular weight excluding hydrogens is 150 g/mol. The summed E-state index contributed by atoms with van der Waals surface area (Å²) >= 11 is 0. The zero-order chi connectivity index (χ0) is 8.27. The van der Waals surface area contributed by atoms with Gasteiger partial charge in [0, 0.05) is 0 Å². The summed E-state index contributed by atoms with van der Waals surface area (Å²) in [6, 6.07) is 8.13. The quantitative estimate of drug-likeness (QED) is 0.566. The number of aryl methyl sites for hydroxylation is 1. The first-order valence-corrected chi connectivity index (χ1v) is 4.96. The van der Waals surface area contributed by atoms with E-state index in [4.69, 9.17) is 5.26 Å². The van der Waals surface area contributed by atoms with Crippen molar-refractivity contribution in [2.24, 2.45) is 0 Å². The number of rotatable bonds is 1. The Hall–Kier alpha value is -1.07. The van der Waals surface area contributed by atoms with Crippen molar-refractivity contribution < 1.29 is 0 Å². The van der Waals surface area contributed by atoms with Crippen molar-refractivity contribution in [3.8, 4) is 6.07 Å². The minimum Gasteiger partial charge on any atom is -0.192 e. The Balaban J connectivity index is 3.15. The minimum absolute atomic E-state index is 0.773. The Kier molecular flexibility index (Phi) is 2.45. The van der Waals surface area contributed by atoms with Crippen LogP contribution >= 0.6 is 0 Å². The molecule has 0 unspecified atom stereocenters. The van der Waals surface area contributed by atoms with Gasteiger partial charge in [-0.3, -0.25) is 0 Å². The third kappa shape index (κ3) is 1.92. The van der Waals surface area contributed by atoms with Crippen molar-refractivity contribution in [3.05, 3.63) is 29.3 Å². The fourth-order valence-electron chi connectivity index (χ4n) is 0.992. The molecule has 0 heterocycles. The normalized spacial score (nSPS) is 9.18. The molecule has 0 aliphatic rings. The topological polar surface area (TPSA) is 23.8 Å². The number of nitrogens with zero attached hydrogens (tertiary/aromatic N) is 1. The summed E-state index contributed by atoms with van der Waals surface area (Å²) in [5, 5.41) is 9.90. The lowest BCUT2D eigenvalue weighted by atomic mass is 10.2. The van der Waals surface area contributed by atoms with Crippen LogP contribution in [0.25, 0.3) is 0 Å². The number of benzene rings is 1. The Bertz CT molecular complexity index is 299. The highest BCUT2D eigenvalue weighted by molar-refractivity contribution is 6.51. The van der Waals surface area contributed by atoms with Crippen LogP contribution in [0.4, 0.5) is 0 Å². The van der Waals surface area contributed by atoms with Gasteiger partial charge >= 0.3 is 0 Å². The monoisotopic (exact) mass is 159 g/mol. The van der Waals surface area contributed by atoms with Crippen LogP contribution in [-0.2, 0) is 0 Å². The molecule has 1 aromatic rings. The van der Waals surface area contributed by atoms with Crippen molar-refractivity contribution in [2.75, 3.05) is 0 Å². The van der Waals surface area contributed by atoms with Gasteiger partial charge in [0.1, 0.15) is 0 Å². The van der Waals surface area contributed by atoms with E-state index in [0.717, 1.165) is 15.1 Å². The van der Waals surface area contributed by atoms with E-state index in [0.29, 0.717) is 0 Å². The molecule has 0 aliphatic carbocycles. The van der Waals surface area contributed by atoms with Crippen LogP contribution in [0.5, 0.6) is 0 Å². The smallest absolute Gasteiger partial charge is 0.0991 e.